The predicted molar refractivity (Wildman–Crippen MR) is 115 cm³/mol. The molecule has 6 heteroatoms. The van der Waals surface area contributed by atoms with Crippen molar-refractivity contribution in [1.29, 1.82) is 0 Å². The Hall–Kier alpha value is -1.63. The zero-order valence-corrected chi connectivity index (χ0v) is 17.8. The quantitative estimate of drug-likeness (QED) is 0.531. The maximum absolute atomic E-state index is 4.37. The Morgan fingerprint density at radius 1 is 1.22 bits per heavy atom. The van der Waals surface area contributed by atoms with Gasteiger partial charge in [0.05, 0.1) is 0 Å². The van der Waals surface area contributed by atoms with Gasteiger partial charge in [0.25, 0.3) is 0 Å². The largest absolute Gasteiger partial charge is 0.356 e. The molecular weight excluding hydrogens is 336 g/mol. The van der Waals surface area contributed by atoms with E-state index in [4.69, 9.17) is 0 Å². The molecule has 0 aliphatic carbocycles. The van der Waals surface area contributed by atoms with Crippen LogP contribution in [0.5, 0.6) is 0 Å². The van der Waals surface area contributed by atoms with Gasteiger partial charge < -0.3 is 15.5 Å². The molecule has 1 heterocycles. The molecule has 152 valence electrons. The molecule has 2 rings (SSSR count). The van der Waals surface area contributed by atoms with Crippen LogP contribution in [0.25, 0.3) is 0 Å². The average molecular weight is 375 g/mol. The molecule has 1 aliphatic rings. The number of nitrogens with zero attached hydrogens (tertiary/aromatic N) is 4. The molecule has 1 fully saturated rings. The summed E-state index contributed by atoms with van der Waals surface area (Å²) >= 11 is 0. The van der Waals surface area contributed by atoms with Gasteiger partial charge in [-0.15, -0.1) is 0 Å². The van der Waals surface area contributed by atoms with E-state index in [0.29, 0.717) is 12.1 Å². The summed E-state index contributed by atoms with van der Waals surface area (Å²) in [6.07, 6.45) is 1.08. The first-order valence-electron chi connectivity index (χ1n) is 10.1. The molecule has 6 nitrogen and oxygen atoms in total. The number of guanidine groups is 1. The summed E-state index contributed by atoms with van der Waals surface area (Å²) in [6, 6.07) is 11.7. The molecule has 2 atom stereocenters. The lowest BCUT2D eigenvalue weighted by molar-refractivity contribution is 0.116. The highest BCUT2D eigenvalue weighted by atomic mass is 15.3. The highest BCUT2D eigenvalue weighted by Crippen LogP contribution is 2.08. The minimum atomic E-state index is 0.508. The molecule has 0 saturated carbocycles. The molecule has 0 spiro atoms. The van der Waals surface area contributed by atoms with Gasteiger partial charge in [-0.25, -0.2) is 0 Å². The lowest BCUT2D eigenvalue weighted by atomic mass is 10.1. The predicted octanol–water partition coefficient (Wildman–Crippen LogP) is 1.31. The van der Waals surface area contributed by atoms with E-state index in [1.54, 1.807) is 0 Å². The van der Waals surface area contributed by atoms with Crippen LogP contribution >= 0.6 is 0 Å². The summed E-state index contributed by atoms with van der Waals surface area (Å²) in [6.45, 7) is 8.48. The van der Waals surface area contributed by atoms with Crippen LogP contribution in [0.15, 0.2) is 35.3 Å². The molecule has 2 unspecified atom stereocenters. The Morgan fingerprint density at radius 3 is 2.67 bits per heavy atom. The zero-order valence-electron chi connectivity index (χ0n) is 17.8. The summed E-state index contributed by atoms with van der Waals surface area (Å²) in [5, 5.41) is 6.95. The van der Waals surface area contributed by atoms with Crippen LogP contribution in [0.4, 0.5) is 0 Å². The highest BCUT2D eigenvalue weighted by Gasteiger charge is 2.22. The number of piperazine rings is 1. The zero-order chi connectivity index (χ0) is 19.6. The second-order valence-corrected chi connectivity index (χ2v) is 7.81. The number of rotatable bonds is 8. The molecule has 0 radical (unpaired) electrons. The molecule has 1 saturated heterocycles. The van der Waals surface area contributed by atoms with Crippen LogP contribution in [0.1, 0.15) is 18.9 Å². The topological polar surface area (TPSA) is 46.1 Å². The van der Waals surface area contributed by atoms with Crippen LogP contribution < -0.4 is 10.6 Å². The third-order valence-corrected chi connectivity index (χ3v) is 5.59. The fraction of sp³-hybridized carbons (Fsp3) is 0.667. The van der Waals surface area contributed by atoms with Crippen LogP contribution in [-0.2, 0) is 6.54 Å². The van der Waals surface area contributed by atoms with E-state index in [-0.39, 0.29) is 0 Å². The molecule has 0 aromatic heterocycles. The van der Waals surface area contributed by atoms with Gasteiger partial charge in [0.15, 0.2) is 5.96 Å². The Bertz CT molecular complexity index is 561. The Balaban J connectivity index is 1.67. The Kier molecular flexibility index (Phi) is 9.04. The van der Waals surface area contributed by atoms with E-state index >= 15 is 0 Å². The number of hydrogen-bond donors (Lipinski definition) is 2. The monoisotopic (exact) mass is 374 g/mol. The smallest absolute Gasteiger partial charge is 0.191 e. The standard InChI is InChI=1S/C21H38N6/c1-18(27(5)16-19-9-7-6-8-10-19)11-12-23-21(22-2)24-15-20-17-25(3)13-14-26(20)4/h6-10,18,20H,11-17H2,1-5H3,(H2,22,23,24). The first-order valence-corrected chi connectivity index (χ1v) is 10.1. The van der Waals surface area contributed by atoms with E-state index in [1.807, 2.05) is 7.05 Å². The van der Waals surface area contributed by atoms with Crippen LogP contribution in [0, 0.1) is 0 Å². The van der Waals surface area contributed by atoms with Crippen molar-refractivity contribution in [1.82, 2.24) is 25.3 Å². The molecule has 1 aromatic carbocycles. The SMILES string of the molecule is CN=C(NCCC(C)N(C)Cc1ccccc1)NCC1CN(C)CCN1C. The van der Waals surface area contributed by atoms with Gasteiger partial charge in [-0.1, -0.05) is 30.3 Å². The molecule has 0 amide bonds. The molecule has 2 N–H and O–H groups in total. The van der Waals surface area contributed by atoms with Crippen molar-refractivity contribution in [2.75, 3.05) is 60.9 Å². The van der Waals surface area contributed by atoms with Gasteiger partial charge in [0.1, 0.15) is 0 Å². The van der Waals surface area contributed by atoms with Crippen molar-refractivity contribution in [2.24, 2.45) is 4.99 Å². The van der Waals surface area contributed by atoms with E-state index in [9.17, 15) is 0 Å². The number of nitrogens with one attached hydrogen (secondary N) is 2. The van der Waals surface area contributed by atoms with Crippen molar-refractivity contribution < 1.29 is 0 Å². The number of aliphatic imine (C=N–C) groups is 1. The third kappa shape index (κ3) is 7.48. The van der Waals surface area contributed by atoms with E-state index in [0.717, 1.165) is 51.6 Å². The fourth-order valence-corrected chi connectivity index (χ4v) is 3.40. The maximum atomic E-state index is 4.37. The van der Waals surface area contributed by atoms with Crippen LogP contribution in [0.3, 0.4) is 0 Å². The molecular formula is C21H38N6. The maximum Gasteiger partial charge on any atom is 0.191 e. The Labute approximate surface area is 165 Å². The molecule has 0 bridgehead atoms. The minimum Gasteiger partial charge on any atom is -0.356 e. The lowest BCUT2D eigenvalue weighted by Gasteiger charge is -2.38. The van der Waals surface area contributed by atoms with Crippen molar-refractivity contribution in [3.63, 3.8) is 0 Å². The van der Waals surface area contributed by atoms with Crippen molar-refractivity contribution in [3.8, 4) is 0 Å². The van der Waals surface area contributed by atoms with Gasteiger partial charge in [0.2, 0.25) is 0 Å². The normalized spacial score (nSPS) is 20.7. The average Bonchev–Trinajstić information content (AvgIpc) is 2.67. The summed E-state index contributed by atoms with van der Waals surface area (Å²) in [4.78, 5) is 11.6. The first kappa shape index (κ1) is 21.7. The van der Waals surface area contributed by atoms with Gasteiger partial charge in [-0.2, -0.15) is 0 Å². The van der Waals surface area contributed by atoms with Gasteiger partial charge in [-0.3, -0.25) is 14.8 Å². The number of hydrogen-bond acceptors (Lipinski definition) is 4. The summed E-state index contributed by atoms with van der Waals surface area (Å²) in [5.74, 6) is 0.898. The van der Waals surface area contributed by atoms with Gasteiger partial charge in [0, 0.05) is 58.4 Å². The molecule has 1 aliphatic heterocycles. The summed E-state index contributed by atoms with van der Waals surface area (Å²) in [5.41, 5.74) is 1.36. The molecule has 1 aromatic rings. The van der Waals surface area contributed by atoms with E-state index in [1.165, 1.54) is 5.56 Å². The fourth-order valence-electron chi connectivity index (χ4n) is 3.40. The van der Waals surface area contributed by atoms with E-state index in [2.05, 4.69) is 88.7 Å². The second-order valence-electron chi connectivity index (χ2n) is 7.81. The Morgan fingerprint density at radius 2 is 1.96 bits per heavy atom. The van der Waals surface area contributed by atoms with Crippen LogP contribution in [-0.4, -0.2) is 93.7 Å². The van der Waals surface area contributed by atoms with Gasteiger partial charge >= 0.3 is 0 Å². The van der Waals surface area contributed by atoms with Crippen molar-refractivity contribution >= 4 is 5.96 Å². The number of likely N-dealkylation sites (N-methyl/N-ethyl adjacent to an activating group) is 2. The summed E-state index contributed by atoms with van der Waals surface area (Å²) in [7, 11) is 8.44. The van der Waals surface area contributed by atoms with Crippen LogP contribution in [0.2, 0.25) is 0 Å². The van der Waals surface area contributed by atoms with Crippen molar-refractivity contribution in [3.05, 3.63) is 35.9 Å². The molecule has 27 heavy (non-hydrogen) atoms. The number of benzene rings is 1. The first-order chi connectivity index (χ1) is 13.0. The van der Waals surface area contributed by atoms with E-state index < -0.39 is 0 Å². The third-order valence-electron chi connectivity index (χ3n) is 5.59. The summed E-state index contributed by atoms with van der Waals surface area (Å²) < 4.78 is 0. The second kappa shape index (κ2) is 11.3. The minimum absolute atomic E-state index is 0.508. The lowest BCUT2D eigenvalue weighted by Crippen LogP contribution is -2.55. The van der Waals surface area contributed by atoms with Gasteiger partial charge in [-0.05, 0) is 40.1 Å². The van der Waals surface area contributed by atoms with Crippen molar-refractivity contribution in [2.45, 2.75) is 32.0 Å². The highest BCUT2D eigenvalue weighted by molar-refractivity contribution is 5.79.